The topological polar surface area (TPSA) is 51.6 Å². The van der Waals surface area contributed by atoms with Crippen LogP contribution in [0.1, 0.15) is 0 Å². The van der Waals surface area contributed by atoms with Gasteiger partial charge in [-0.2, -0.15) is 0 Å². The number of benzene rings is 5. The Hall–Kier alpha value is -5.92. The van der Waals surface area contributed by atoms with Crippen LogP contribution in [0.25, 0.3) is 77.7 Å². The monoisotopic (exact) mass is 534 g/mol. The minimum atomic E-state index is 0.615. The molecular weight excluding hydrogens is 512 g/mol. The van der Waals surface area contributed by atoms with E-state index in [1.807, 2.05) is 36.5 Å². The van der Waals surface area contributed by atoms with Crippen LogP contribution < -0.4 is 0 Å². The predicted octanol–water partition coefficient (Wildman–Crippen LogP) is 8.99. The van der Waals surface area contributed by atoms with E-state index in [2.05, 4.69) is 114 Å². The molecule has 0 fully saturated rings. The molecule has 0 unspecified atom stereocenters. The zero-order valence-corrected chi connectivity index (χ0v) is 22.5. The Morgan fingerprint density at radius 3 is 1.93 bits per heavy atom. The third kappa shape index (κ3) is 4.30. The average Bonchev–Trinajstić information content (AvgIpc) is 3.07. The molecule has 194 valence electrons. The summed E-state index contributed by atoms with van der Waals surface area (Å²) in [6.45, 7) is 0. The Balaban J connectivity index is 1.27. The number of fused-ring (bicyclic) bond motifs is 3. The summed E-state index contributed by atoms with van der Waals surface area (Å²) in [4.78, 5) is 19.5. The molecule has 2 heterocycles. The molecule has 0 saturated heterocycles. The second kappa shape index (κ2) is 9.92. The molecule has 0 bridgehead atoms. The van der Waals surface area contributed by atoms with E-state index in [4.69, 9.17) is 15.0 Å². The number of nitrogens with zero attached hydrogens (tertiary/aromatic N) is 4. The van der Waals surface area contributed by atoms with Gasteiger partial charge in [-0.05, 0) is 52.1 Å². The van der Waals surface area contributed by atoms with Gasteiger partial charge in [-0.25, -0.2) is 15.0 Å². The maximum Gasteiger partial charge on any atom is 0.164 e. The number of rotatable bonds is 4. The van der Waals surface area contributed by atoms with E-state index in [9.17, 15) is 0 Å². The number of pyridine rings is 1. The van der Waals surface area contributed by atoms with Gasteiger partial charge in [0, 0.05) is 39.2 Å². The summed E-state index contributed by atoms with van der Waals surface area (Å²) in [6, 6.07) is 49.7. The molecule has 42 heavy (non-hydrogen) atoms. The molecule has 0 atom stereocenters. The average molecular weight is 535 g/mol. The van der Waals surface area contributed by atoms with E-state index in [1.54, 1.807) is 0 Å². The lowest BCUT2D eigenvalue weighted by molar-refractivity contribution is 1.08. The van der Waals surface area contributed by atoms with Gasteiger partial charge in [0.25, 0.3) is 0 Å². The molecule has 0 aliphatic carbocycles. The molecule has 4 heteroatoms. The van der Waals surface area contributed by atoms with Gasteiger partial charge < -0.3 is 0 Å². The van der Waals surface area contributed by atoms with Crippen LogP contribution in [0.3, 0.4) is 0 Å². The molecule has 0 aliphatic heterocycles. The van der Waals surface area contributed by atoms with Crippen LogP contribution >= 0.6 is 0 Å². The van der Waals surface area contributed by atoms with E-state index < -0.39 is 0 Å². The van der Waals surface area contributed by atoms with Crippen molar-refractivity contribution in [2.75, 3.05) is 0 Å². The molecule has 0 radical (unpaired) electrons. The second-order valence-electron chi connectivity index (χ2n) is 10.2. The number of hydrogen-bond donors (Lipinski definition) is 0. The normalized spacial score (nSPS) is 11.1. The first-order valence-corrected chi connectivity index (χ1v) is 13.8. The first-order valence-electron chi connectivity index (χ1n) is 13.8. The highest BCUT2D eigenvalue weighted by molar-refractivity contribution is 5.94. The Labute approximate surface area is 243 Å². The van der Waals surface area contributed by atoms with Gasteiger partial charge in [0.05, 0.1) is 5.52 Å². The van der Waals surface area contributed by atoms with Crippen molar-refractivity contribution < 1.29 is 0 Å². The van der Waals surface area contributed by atoms with Crippen LogP contribution in [-0.4, -0.2) is 19.9 Å². The van der Waals surface area contributed by atoms with Crippen LogP contribution in [0.5, 0.6) is 0 Å². The Morgan fingerprint density at radius 1 is 0.452 bits per heavy atom. The summed E-state index contributed by atoms with van der Waals surface area (Å²) < 4.78 is 0. The van der Waals surface area contributed by atoms with Crippen molar-refractivity contribution >= 4 is 32.4 Å². The van der Waals surface area contributed by atoms with E-state index in [-0.39, 0.29) is 0 Å². The first-order chi connectivity index (χ1) is 20.8. The SMILES string of the molecule is c1ccc2ccc(-c3nc(-c4ccc(-c5cccc6cccnc56)cc4)nc(-c4ccc5ccccc5c4)n3)cc2c#1. The van der Waals surface area contributed by atoms with Crippen LogP contribution in [0.2, 0.25) is 0 Å². The lowest BCUT2D eigenvalue weighted by Gasteiger charge is -2.10. The van der Waals surface area contributed by atoms with Crippen LogP contribution in [0.4, 0.5) is 0 Å². The maximum absolute atomic E-state index is 4.97. The predicted molar refractivity (Wildman–Crippen MR) is 170 cm³/mol. The highest BCUT2D eigenvalue weighted by Gasteiger charge is 2.14. The van der Waals surface area contributed by atoms with Gasteiger partial charge >= 0.3 is 0 Å². The smallest absolute Gasteiger partial charge is 0.164 e. The summed E-state index contributed by atoms with van der Waals surface area (Å²) in [5.41, 5.74) is 5.93. The van der Waals surface area contributed by atoms with Crippen molar-refractivity contribution in [3.63, 3.8) is 0 Å². The quantitative estimate of drug-likeness (QED) is 0.226. The maximum atomic E-state index is 4.97. The van der Waals surface area contributed by atoms with Crippen molar-refractivity contribution in [1.82, 2.24) is 19.9 Å². The van der Waals surface area contributed by atoms with Crippen molar-refractivity contribution in [2.24, 2.45) is 0 Å². The van der Waals surface area contributed by atoms with Gasteiger partial charge in [-0.3, -0.25) is 4.98 Å². The first kappa shape index (κ1) is 23.9. The standard InChI is InChI=1S/C38H22N4/c1-3-9-30-23-32(20-14-25(30)7-1)37-40-36(41-38(42-37)33-21-15-26-8-2-4-10-31(26)24-33)29-18-16-27(17-19-29)34-13-5-11-28-12-6-22-39-35(28)34/h1-3,5-9,11-24H. The molecule has 8 aromatic rings. The van der Waals surface area contributed by atoms with E-state index in [1.165, 1.54) is 5.39 Å². The van der Waals surface area contributed by atoms with E-state index in [0.29, 0.717) is 17.5 Å². The molecule has 6 aromatic carbocycles. The second-order valence-corrected chi connectivity index (χ2v) is 10.2. The molecule has 2 aromatic heterocycles. The van der Waals surface area contributed by atoms with Crippen molar-refractivity contribution in [2.45, 2.75) is 0 Å². The van der Waals surface area contributed by atoms with Crippen molar-refractivity contribution in [3.8, 4) is 45.3 Å². The summed E-state index contributed by atoms with van der Waals surface area (Å²) in [5.74, 6) is 1.87. The minimum absolute atomic E-state index is 0.615. The minimum Gasteiger partial charge on any atom is -0.256 e. The summed E-state index contributed by atoms with van der Waals surface area (Å²) >= 11 is 0. The van der Waals surface area contributed by atoms with Crippen molar-refractivity contribution in [3.05, 3.63) is 146 Å². The molecule has 8 rings (SSSR count). The van der Waals surface area contributed by atoms with E-state index in [0.717, 1.165) is 54.9 Å². The Morgan fingerprint density at radius 2 is 1.10 bits per heavy atom. The number of hydrogen-bond acceptors (Lipinski definition) is 4. The zero-order valence-electron chi connectivity index (χ0n) is 22.5. The summed E-state index contributed by atoms with van der Waals surface area (Å²) in [5, 5.41) is 5.50. The number of para-hydroxylation sites is 1. The third-order valence-electron chi connectivity index (χ3n) is 7.59. The lowest BCUT2D eigenvalue weighted by atomic mass is 10.0. The highest BCUT2D eigenvalue weighted by Crippen LogP contribution is 2.31. The van der Waals surface area contributed by atoms with Crippen molar-refractivity contribution in [1.29, 1.82) is 0 Å². The molecule has 0 aliphatic rings. The molecular formula is C38H22N4. The fourth-order valence-electron chi connectivity index (χ4n) is 5.43. The summed E-state index contributed by atoms with van der Waals surface area (Å²) in [7, 11) is 0. The van der Waals surface area contributed by atoms with Gasteiger partial charge in [-0.15, -0.1) is 0 Å². The van der Waals surface area contributed by atoms with Crippen LogP contribution in [0, 0.1) is 12.1 Å². The lowest BCUT2D eigenvalue weighted by Crippen LogP contribution is -2.00. The highest BCUT2D eigenvalue weighted by atomic mass is 15.0. The zero-order chi connectivity index (χ0) is 27.9. The Bertz CT molecular complexity index is 2150. The van der Waals surface area contributed by atoms with Gasteiger partial charge in [0.15, 0.2) is 17.5 Å². The number of aromatic nitrogens is 4. The molecule has 0 spiro atoms. The fourth-order valence-corrected chi connectivity index (χ4v) is 5.43. The molecule has 0 N–H and O–H groups in total. The van der Waals surface area contributed by atoms with E-state index >= 15 is 0 Å². The molecule has 0 saturated carbocycles. The van der Waals surface area contributed by atoms with Crippen LogP contribution in [-0.2, 0) is 0 Å². The van der Waals surface area contributed by atoms with Gasteiger partial charge in [0.1, 0.15) is 0 Å². The third-order valence-corrected chi connectivity index (χ3v) is 7.59. The molecule has 0 amide bonds. The van der Waals surface area contributed by atoms with Gasteiger partial charge in [-0.1, -0.05) is 109 Å². The largest absolute Gasteiger partial charge is 0.256 e. The van der Waals surface area contributed by atoms with Gasteiger partial charge in [0.2, 0.25) is 0 Å². The fraction of sp³-hybridized carbons (Fsp3) is 0. The Kier molecular flexibility index (Phi) is 5.65. The summed E-state index contributed by atoms with van der Waals surface area (Å²) in [6.07, 6.45) is 1.84. The molecule has 4 nitrogen and oxygen atoms in total. The van der Waals surface area contributed by atoms with Crippen LogP contribution in [0.15, 0.2) is 134 Å².